The lowest BCUT2D eigenvalue weighted by atomic mass is 10.3. The van der Waals surface area contributed by atoms with Crippen molar-refractivity contribution in [2.45, 2.75) is 6.54 Å². The number of aryl methyl sites for hydroxylation is 1. The SMILES string of the molecule is Cn1cccc1CN1CCN(S(C)(=O)=O)CC1.O=C(O)C(=O)O. The maximum absolute atomic E-state index is 11.4. The fourth-order valence-electron chi connectivity index (χ4n) is 2.11. The minimum atomic E-state index is -3.02. The number of hydrogen-bond donors (Lipinski definition) is 2. The van der Waals surface area contributed by atoms with E-state index in [-0.39, 0.29) is 0 Å². The van der Waals surface area contributed by atoms with Crippen LogP contribution >= 0.6 is 0 Å². The molecule has 0 radical (unpaired) electrons. The number of hydrogen-bond acceptors (Lipinski definition) is 5. The molecule has 0 unspecified atom stereocenters. The van der Waals surface area contributed by atoms with Crippen molar-refractivity contribution in [3.05, 3.63) is 24.0 Å². The second-order valence-corrected chi connectivity index (χ2v) is 7.14. The van der Waals surface area contributed by atoms with E-state index in [2.05, 4.69) is 15.5 Å². The number of carboxylic acids is 2. The molecule has 1 saturated heterocycles. The summed E-state index contributed by atoms with van der Waals surface area (Å²) in [5, 5.41) is 14.8. The van der Waals surface area contributed by atoms with Crippen LogP contribution in [-0.2, 0) is 33.2 Å². The molecule has 23 heavy (non-hydrogen) atoms. The second-order valence-electron chi connectivity index (χ2n) is 5.16. The first-order chi connectivity index (χ1) is 10.6. The Morgan fingerprint density at radius 2 is 1.65 bits per heavy atom. The van der Waals surface area contributed by atoms with Gasteiger partial charge in [0, 0.05) is 51.7 Å². The van der Waals surface area contributed by atoms with Gasteiger partial charge in [0.05, 0.1) is 6.26 Å². The molecule has 0 saturated carbocycles. The van der Waals surface area contributed by atoms with Gasteiger partial charge in [-0.15, -0.1) is 0 Å². The molecule has 0 spiro atoms. The molecule has 1 aliphatic rings. The Hall–Kier alpha value is -1.91. The topological polar surface area (TPSA) is 120 Å². The summed E-state index contributed by atoms with van der Waals surface area (Å²) in [6, 6.07) is 4.13. The van der Waals surface area contributed by atoms with Crippen LogP contribution in [0.4, 0.5) is 0 Å². The average Bonchev–Trinajstić information content (AvgIpc) is 2.84. The highest BCUT2D eigenvalue weighted by Crippen LogP contribution is 2.10. The summed E-state index contributed by atoms with van der Waals surface area (Å²) in [5.74, 6) is -3.65. The van der Waals surface area contributed by atoms with Crippen molar-refractivity contribution < 1.29 is 28.2 Å². The summed E-state index contributed by atoms with van der Waals surface area (Å²) >= 11 is 0. The Labute approximate surface area is 134 Å². The van der Waals surface area contributed by atoms with Crippen LogP contribution in [0.2, 0.25) is 0 Å². The Kier molecular flexibility index (Phi) is 6.73. The van der Waals surface area contributed by atoms with E-state index in [1.807, 2.05) is 19.3 Å². The van der Waals surface area contributed by atoms with Crippen LogP contribution in [0.25, 0.3) is 0 Å². The molecule has 1 aliphatic heterocycles. The van der Waals surface area contributed by atoms with E-state index in [1.165, 1.54) is 11.9 Å². The number of rotatable bonds is 3. The molecule has 2 rings (SSSR count). The number of aliphatic carboxylic acids is 2. The number of aromatic nitrogens is 1. The maximum atomic E-state index is 11.4. The minimum absolute atomic E-state index is 0.600. The lowest BCUT2D eigenvalue weighted by molar-refractivity contribution is -0.159. The summed E-state index contributed by atoms with van der Waals surface area (Å²) in [5.41, 5.74) is 1.26. The van der Waals surface area contributed by atoms with Crippen molar-refractivity contribution in [1.82, 2.24) is 13.8 Å². The third-order valence-corrected chi connectivity index (χ3v) is 4.72. The maximum Gasteiger partial charge on any atom is 0.414 e. The molecule has 0 aliphatic carbocycles. The summed E-state index contributed by atoms with van der Waals surface area (Å²) in [6.45, 7) is 3.70. The number of nitrogens with zero attached hydrogens (tertiary/aromatic N) is 3. The van der Waals surface area contributed by atoms with Crippen LogP contribution in [0.5, 0.6) is 0 Å². The van der Waals surface area contributed by atoms with Gasteiger partial charge in [-0.2, -0.15) is 4.31 Å². The van der Waals surface area contributed by atoms with Crippen molar-refractivity contribution >= 4 is 22.0 Å². The normalized spacial score (nSPS) is 16.4. The zero-order valence-corrected chi connectivity index (χ0v) is 13.9. The Balaban J connectivity index is 0.000000379. The van der Waals surface area contributed by atoms with Gasteiger partial charge in [0.2, 0.25) is 10.0 Å². The Morgan fingerprint density at radius 3 is 2.00 bits per heavy atom. The van der Waals surface area contributed by atoms with Gasteiger partial charge in [-0.3, -0.25) is 4.90 Å². The molecule has 1 aromatic rings. The van der Waals surface area contributed by atoms with Crippen molar-refractivity contribution in [2.24, 2.45) is 7.05 Å². The second kappa shape index (κ2) is 8.09. The summed E-state index contributed by atoms with van der Waals surface area (Å²) in [6.07, 6.45) is 3.31. The van der Waals surface area contributed by atoms with Gasteiger partial charge in [0.1, 0.15) is 0 Å². The summed E-state index contributed by atoms with van der Waals surface area (Å²) in [7, 11) is -0.988. The Morgan fingerprint density at radius 1 is 1.13 bits per heavy atom. The summed E-state index contributed by atoms with van der Waals surface area (Å²) < 4.78 is 26.4. The van der Waals surface area contributed by atoms with Crippen molar-refractivity contribution in [3.8, 4) is 0 Å². The van der Waals surface area contributed by atoms with Gasteiger partial charge in [-0.05, 0) is 12.1 Å². The smallest absolute Gasteiger partial charge is 0.414 e. The monoisotopic (exact) mass is 347 g/mol. The van der Waals surface area contributed by atoms with Crippen LogP contribution < -0.4 is 0 Å². The molecule has 0 atom stereocenters. The first-order valence-electron chi connectivity index (χ1n) is 6.85. The number of carboxylic acid groups (broad SMARTS) is 2. The summed E-state index contributed by atoms with van der Waals surface area (Å²) in [4.78, 5) is 20.5. The standard InChI is InChI=1S/C11H19N3O2S.C2H2O4/c1-12-5-3-4-11(12)10-13-6-8-14(9-7-13)17(2,15)16;3-1(4)2(5)6/h3-5H,6-10H2,1-2H3;(H,3,4)(H,5,6). The molecular weight excluding hydrogens is 326 g/mol. The lowest BCUT2D eigenvalue weighted by Gasteiger charge is -2.33. The third kappa shape index (κ3) is 6.38. The van der Waals surface area contributed by atoms with Gasteiger partial charge in [0.15, 0.2) is 0 Å². The van der Waals surface area contributed by atoms with Gasteiger partial charge >= 0.3 is 11.9 Å². The molecule has 0 aromatic carbocycles. The van der Waals surface area contributed by atoms with Gasteiger partial charge in [0.25, 0.3) is 0 Å². The number of sulfonamides is 1. The van der Waals surface area contributed by atoms with Crippen LogP contribution in [0.1, 0.15) is 5.69 Å². The third-order valence-electron chi connectivity index (χ3n) is 3.42. The van der Waals surface area contributed by atoms with Crippen LogP contribution in [0, 0.1) is 0 Å². The van der Waals surface area contributed by atoms with Gasteiger partial charge in [-0.1, -0.05) is 0 Å². The predicted octanol–water partition coefficient (Wildman–Crippen LogP) is -0.742. The average molecular weight is 347 g/mol. The van der Waals surface area contributed by atoms with Crippen LogP contribution in [0.3, 0.4) is 0 Å². The predicted molar refractivity (Wildman–Crippen MR) is 82.4 cm³/mol. The highest BCUT2D eigenvalue weighted by atomic mass is 32.2. The van der Waals surface area contributed by atoms with E-state index in [0.717, 1.165) is 19.6 Å². The van der Waals surface area contributed by atoms with Crippen molar-refractivity contribution in [1.29, 1.82) is 0 Å². The van der Waals surface area contributed by atoms with E-state index in [4.69, 9.17) is 19.8 Å². The quantitative estimate of drug-likeness (QED) is 0.691. The molecule has 2 heterocycles. The number of piperazine rings is 1. The van der Waals surface area contributed by atoms with Crippen molar-refractivity contribution in [2.75, 3.05) is 32.4 Å². The zero-order chi connectivity index (χ0) is 17.6. The molecule has 0 bridgehead atoms. The molecular formula is C13H21N3O6S. The minimum Gasteiger partial charge on any atom is -0.473 e. The highest BCUT2D eigenvalue weighted by molar-refractivity contribution is 7.88. The fraction of sp³-hybridized carbons (Fsp3) is 0.538. The lowest BCUT2D eigenvalue weighted by Crippen LogP contribution is -2.47. The number of carbonyl (C=O) groups is 2. The van der Waals surface area contributed by atoms with Crippen LogP contribution in [0.15, 0.2) is 18.3 Å². The van der Waals surface area contributed by atoms with E-state index in [1.54, 1.807) is 4.31 Å². The van der Waals surface area contributed by atoms with Crippen molar-refractivity contribution in [3.63, 3.8) is 0 Å². The van der Waals surface area contributed by atoms with Gasteiger partial charge in [-0.25, -0.2) is 18.0 Å². The highest BCUT2D eigenvalue weighted by Gasteiger charge is 2.23. The molecule has 9 nitrogen and oxygen atoms in total. The first kappa shape index (κ1) is 19.1. The largest absolute Gasteiger partial charge is 0.473 e. The molecule has 1 fully saturated rings. The molecule has 2 N–H and O–H groups in total. The molecule has 10 heteroatoms. The molecule has 1 aromatic heterocycles. The Bertz CT molecular complexity index is 634. The van der Waals surface area contributed by atoms with Crippen LogP contribution in [-0.4, -0.2) is 76.8 Å². The van der Waals surface area contributed by atoms with E-state index < -0.39 is 22.0 Å². The van der Waals surface area contributed by atoms with Gasteiger partial charge < -0.3 is 14.8 Å². The van der Waals surface area contributed by atoms with E-state index >= 15 is 0 Å². The molecule has 0 amide bonds. The first-order valence-corrected chi connectivity index (χ1v) is 8.70. The fourth-order valence-corrected chi connectivity index (χ4v) is 2.94. The van der Waals surface area contributed by atoms with E-state index in [0.29, 0.717) is 13.1 Å². The zero-order valence-electron chi connectivity index (χ0n) is 13.0. The molecule has 130 valence electrons. The van der Waals surface area contributed by atoms with E-state index in [9.17, 15) is 8.42 Å².